The third kappa shape index (κ3) is 3.40. The second kappa shape index (κ2) is 6.90. The Labute approximate surface area is 158 Å². The number of benzene rings is 2. The van der Waals surface area contributed by atoms with E-state index in [1.807, 2.05) is 26.8 Å². The van der Waals surface area contributed by atoms with E-state index in [1.165, 1.54) is 6.92 Å². The van der Waals surface area contributed by atoms with Crippen LogP contribution in [0.2, 0.25) is 0 Å². The average molecular weight is 385 g/mol. The number of fused-ring (bicyclic) bond motifs is 1. The molecule has 0 fully saturated rings. The van der Waals surface area contributed by atoms with Gasteiger partial charge in [0.05, 0.1) is 15.6 Å². The molecule has 0 aliphatic carbocycles. The first-order valence-corrected chi connectivity index (χ1v) is 10.2. The Morgan fingerprint density at radius 1 is 1.07 bits per heavy atom. The summed E-state index contributed by atoms with van der Waals surface area (Å²) in [5, 5.41) is 10.5. The van der Waals surface area contributed by atoms with E-state index in [0.29, 0.717) is 15.8 Å². The van der Waals surface area contributed by atoms with Crippen LogP contribution in [-0.2, 0) is 9.73 Å². The Morgan fingerprint density at radius 2 is 1.67 bits per heavy atom. The molecule has 0 radical (unpaired) electrons. The highest BCUT2D eigenvalue weighted by Gasteiger charge is 2.30. The van der Waals surface area contributed by atoms with Gasteiger partial charge in [0, 0.05) is 4.90 Å². The molecule has 0 bridgehead atoms. The molecule has 2 atom stereocenters. The molecule has 0 aliphatic rings. The van der Waals surface area contributed by atoms with Crippen molar-refractivity contribution < 1.29 is 9.32 Å². The van der Waals surface area contributed by atoms with Gasteiger partial charge in [-0.25, -0.2) is 9.19 Å². The van der Waals surface area contributed by atoms with Gasteiger partial charge in [-0.3, -0.25) is 4.79 Å². The van der Waals surface area contributed by atoms with Crippen molar-refractivity contribution in [2.45, 2.75) is 43.4 Å². The largest absolute Gasteiger partial charge is 0.385 e. The summed E-state index contributed by atoms with van der Waals surface area (Å²) in [6.45, 7) is 6.94. The molecule has 0 spiro atoms. The van der Waals surface area contributed by atoms with Crippen LogP contribution in [0.3, 0.4) is 0 Å². The van der Waals surface area contributed by atoms with Crippen molar-refractivity contribution >= 4 is 20.6 Å². The van der Waals surface area contributed by atoms with Crippen molar-refractivity contribution in [3.05, 3.63) is 70.8 Å². The summed E-state index contributed by atoms with van der Waals surface area (Å²) in [6.07, 6.45) is -1.05. The van der Waals surface area contributed by atoms with Crippen LogP contribution in [0.5, 0.6) is 0 Å². The number of nitrogens with zero attached hydrogens (tertiary/aromatic N) is 3. The molecule has 0 unspecified atom stereocenters. The van der Waals surface area contributed by atoms with Gasteiger partial charge in [0.2, 0.25) is 0 Å². The summed E-state index contributed by atoms with van der Waals surface area (Å²) in [6, 6.07) is 15.7. The van der Waals surface area contributed by atoms with Gasteiger partial charge in [0.15, 0.2) is 5.82 Å². The fourth-order valence-corrected chi connectivity index (χ4v) is 4.69. The average Bonchev–Trinajstić information content (AvgIpc) is 2.63. The fourth-order valence-electron chi connectivity index (χ4n) is 2.73. The van der Waals surface area contributed by atoms with E-state index < -0.39 is 26.1 Å². The van der Waals surface area contributed by atoms with Gasteiger partial charge in [0.25, 0.3) is 5.56 Å². The number of aliphatic hydroxyl groups excluding tert-OH is 1. The molecule has 27 heavy (non-hydrogen) atoms. The normalized spacial score (nSPS) is 15.3. The predicted octanol–water partition coefficient (Wildman–Crippen LogP) is 3.54. The van der Waals surface area contributed by atoms with Crippen LogP contribution in [0.15, 0.2) is 68.8 Å². The van der Waals surface area contributed by atoms with Gasteiger partial charge >= 0.3 is 0 Å². The lowest BCUT2D eigenvalue weighted by atomic mass is 10.2. The summed E-state index contributed by atoms with van der Waals surface area (Å²) in [5.41, 5.74) is 0.0104. The SMILES string of the molecule is C[C@H](O)c1nc2ccccc2c(=O)n1N=[S@@](=O)(c1ccccc1)C(C)(C)C. The highest BCUT2D eigenvalue weighted by molar-refractivity contribution is 7.95. The van der Waals surface area contributed by atoms with Crippen LogP contribution in [0.1, 0.15) is 39.6 Å². The molecule has 0 amide bonds. The van der Waals surface area contributed by atoms with Crippen molar-refractivity contribution in [3.8, 4) is 0 Å². The molecule has 6 nitrogen and oxygen atoms in total. The number of aromatic nitrogens is 2. The number of rotatable bonds is 3. The van der Waals surface area contributed by atoms with Crippen LogP contribution in [0.4, 0.5) is 0 Å². The molecule has 0 saturated heterocycles. The maximum Gasteiger partial charge on any atom is 0.282 e. The van der Waals surface area contributed by atoms with Crippen LogP contribution in [-0.4, -0.2) is 23.7 Å². The zero-order valence-corrected chi connectivity index (χ0v) is 16.6. The van der Waals surface area contributed by atoms with Gasteiger partial charge in [0.1, 0.15) is 15.8 Å². The van der Waals surface area contributed by atoms with E-state index >= 15 is 0 Å². The van der Waals surface area contributed by atoms with Crippen LogP contribution < -0.4 is 5.56 Å². The molecule has 142 valence electrons. The second-order valence-electron chi connectivity index (χ2n) is 7.31. The smallest absolute Gasteiger partial charge is 0.282 e. The number of hydrogen-bond donors (Lipinski definition) is 1. The Morgan fingerprint density at radius 3 is 2.26 bits per heavy atom. The number of aliphatic hydroxyl groups is 1. The van der Waals surface area contributed by atoms with Crippen molar-refractivity contribution in [1.29, 1.82) is 0 Å². The summed E-state index contributed by atoms with van der Waals surface area (Å²) < 4.78 is 18.7. The first-order chi connectivity index (χ1) is 12.6. The third-order valence-corrected chi connectivity index (χ3v) is 7.21. The van der Waals surface area contributed by atoms with Crippen LogP contribution >= 0.6 is 0 Å². The van der Waals surface area contributed by atoms with Crippen LogP contribution in [0, 0.1) is 0 Å². The summed E-state index contributed by atoms with van der Waals surface area (Å²) in [7, 11) is -3.05. The zero-order valence-electron chi connectivity index (χ0n) is 15.8. The van der Waals surface area contributed by atoms with Gasteiger partial charge < -0.3 is 5.11 Å². The van der Waals surface area contributed by atoms with E-state index in [1.54, 1.807) is 48.5 Å². The fraction of sp³-hybridized carbons (Fsp3) is 0.300. The molecule has 0 aliphatic heterocycles. The molecule has 2 aromatic carbocycles. The molecule has 7 heteroatoms. The standard InChI is InChI=1S/C20H23N3O3S/c1-14(24)18-21-17-13-9-8-12-16(17)19(25)23(18)22-27(26,20(2,3)4)15-10-6-5-7-11-15/h5-14,24H,1-4H3/t14-,27+/m0/s1. The van der Waals surface area contributed by atoms with E-state index in [-0.39, 0.29) is 5.82 Å². The minimum Gasteiger partial charge on any atom is -0.385 e. The summed E-state index contributed by atoms with van der Waals surface area (Å²) in [4.78, 5) is 18.0. The maximum atomic E-state index is 14.0. The molecule has 3 rings (SSSR count). The maximum absolute atomic E-state index is 14.0. The van der Waals surface area contributed by atoms with Crippen molar-refractivity contribution in [1.82, 2.24) is 9.66 Å². The summed E-state index contributed by atoms with van der Waals surface area (Å²) >= 11 is 0. The van der Waals surface area contributed by atoms with E-state index in [0.717, 1.165) is 4.68 Å². The highest BCUT2D eigenvalue weighted by atomic mass is 32.2. The van der Waals surface area contributed by atoms with E-state index in [2.05, 4.69) is 9.46 Å². The van der Waals surface area contributed by atoms with E-state index in [9.17, 15) is 14.1 Å². The second-order valence-corrected chi connectivity index (χ2v) is 10.2. The number of hydrogen-bond acceptors (Lipinski definition) is 5. The lowest BCUT2D eigenvalue weighted by Crippen LogP contribution is -2.32. The Balaban J connectivity index is 2.46. The molecular formula is C20H23N3O3S. The monoisotopic (exact) mass is 385 g/mol. The Bertz CT molecular complexity index is 1150. The van der Waals surface area contributed by atoms with Crippen molar-refractivity contribution in [2.75, 3.05) is 0 Å². The molecule has 3 aromatic rings. The van der Waals surface area contributed by atoms with Gasteiger partial charge in [-0.15, -0.1) is 4.47 Å². The third-order valence-electron chi connectivity index (χ3n) is 4.24. The molecule has 1 heterocycles. The van der Waals surface area contributed by atoms with Gasteiger partial charge in [-0.05, 0) is 52.0 Å². The quantitative estimate of drug-likeness (QED) is 0.747. The Hall–Kier alpha value is -2.51. The zero-order chi connectivity index (χ0) is 19.8. The Kier molecular flexibility index (Phi) is 4.92. The molecule has 1 aromatic heterocycles. The van der Waals surface area contributed by atoms with Gasteiger partial charge in [-0.1, -0.05) is 30.3 Å². The number of para-hydroxylation sites is 1. The minimum absolute atomic E-state index is 0.0617. The first kappa shape index (κ1) is 19.3. The van der Waals surface area contributed by atoms with E-state index in [4.69, 9.17) is 0 Å². The van der Waals surface area contributed by atoms with Gasteiger partial charge in [-0.2, -0.15) is 4.68 Å². The molecule has 0 saturated carbocycles. The topological polar surface area (TPSA) is 84.6 Å². The van der Waals surface area contributed by atoms with Crippen LogP contribution in [0.25, 0.3) is 10.9 Å². The van der Waals surface area contributed by atoms with Crippen molar-refractivity contribution in [3.63, 3.8) is 0 Å². The summed E-state index contributed by atoms with van der Waals surface area (Å²) in [5.74, 6) is 0.0617. The highest BCUT2D eigenvalue weighted by Crippen LogP contribution is 2.28. The first-order valence-electron chi connectivity index (χ1n) is 8.67. The lowest BCUT2D eigenvalue weighted by Gasteiger charge is -2.25. The molecule has 1 N–H and O–H groups in total. The van der Waals surface area contributed by atoms with Crippen molar-refractivity contribution in [2.24, 2.45) is 4.47 Å². The molecular weight excluding hydrogens is 362 g/mol. The predicted molar refractivity (Wildman–Crippen MR) is 107 cm³/mol. The minimum atomic E-state index is -3.05. The lowest BCUT2D eigenvalue weighted by molar-refractivity contribution is 0.183.